The fraction of sp³-hybridized carbons (Fsp3) is 0.250. The molecule has 3 atom stereocenters. The number of rotatable bonds is 5. The van der Waals surface area contributed by atoms with Crippen molar-refractivity contribution in [2.45, 2.75) is 32.0 Å². The topological polar surface area (TPSA) is 83.9 Å². The van der Waals surface area contributed by atoms with E-state index in [1.165, 1.54) is 0 Å². The van der Waals surface area contributed by atoms with Crippen LogP contribution >= 0.6 is 0 Å². The number of aromatic nitrogens is 2. The van der Waals surface area contributed by atoms with Gasteiger partial charge in [0, 0.05) is 30.7 Å². The summed E-state index contributed by atoms with van der Waals surface area (Å²) in [6.45, 7) is 5.05. The van der Waals surface area contributed by atoms with Gasteiger partial charge in [-0.1, -0.05) is 18.2 Å². The number of aryl methyl sites for hydroxylation is 1. The molecule has 2 fully saturated rings. The van der Waals surface area contributed by atoms with Crippen LogP contribution in [0.2, 0.25) is 0 Å². The molecule has 36 heavy (non-hydrogen) atoms. The third kappa shape index (κ3) is 4.20. The van der Waals surface area contributed by atoms with Gasteiger partial charge in [-0.2, -0.15) is 4.99 Å². The molecule has 0 saturated carbocycles. The minimum atomic E-state index is 0.127. The molecule has 3 aromatic carbocycles. The molecule has 3 heterocycles. The first-order valence-corrected chi connectivity index (χ1v) is 12.1. The standard InChI is InChI=1S/C28H28N6O2/c1-17-13-19(10-12-24(17)35-21-7-5-4-6-8-21)32-27-22-14-20(9-11-23(22)30-16-31-27)33-28-34(3)26-18(2)29-15-25(26)36-28/h4-14,16,18,25-26,29H,15H2,1-3H3,(H,30,31,32). The predicted octanol–water partition coefficient (Wildman–Crippen LogP) is 5.15. The number of benzene rings is 3. The molecule has 8 heteroatoms. The molecule has 0 aliphatic carbocycles. The van der Waals surface area contributed by atoms with Crippen LogP contribution in [0, 0.1) is 6.92 Å². The van der Waals surface area contributed by atoms with Gasteiger partial charge in [0.2, 0.25) is 0 Å². The van der Waals surface area contributed by atoms with Gasteiger partial charge in [0.05, 0.1) is 17.2 Å². The third-order valence-electron chi connectivity index (χ3n) is 6.79. The molecule has 2 aliphatic heterocycles. The summed E-state index contributed by atoms with van der Waals surface area (Å²) in [5.74, 6) is 2.34. The molecule has 8 nitrogen and oxygen atoms in total. The fourth-order valence-corrected chi connectivity index (χ4v) is 4.93. The van der Waals surface area contributed by atoms with Crippen molar-refractivity contribution < 1.29 is 9.47 Å². The van der Waals surface area contributed by atoms with E-state index in [2.05, 4.69) is 32.4 Å². The van der Waals surface area contributed by atoms with E-state index in [0.717, 1.165) is 45.9 Å². The number of likely N-dealkylation sites (N-methyl/N-ethyl adjacent to an activating group) is 1. The lowest BCUT2D eigenvalue weighted by Crippen LogP contribution is -2.40. The summed E-state index contributed by atoms with van der Waals surface area (Å²) < 4.78 is 12.1. The molecule has 0 spiro atoms. The highest BCUT2D eigenvalue weighted by Gasteiger charge is 2.45. The summed E-state index contributed by atoms with van der Waals surface area (Å²) in [5.41, 5.74) is 3.57. The first kappa shape index (κ1) is 22.3. The van der Waals surface area contributed by atoms with E-state index in [4.69, 9.17) is 14.5 Å². The van der Waals surface area contributed by atoms with E-state index < -0.39 is 0 Å². The van der Waals surface area contributed by atoms with Gasteiger partial charge in [0.25, 0.3) is 6.02 Å². The van der Waals surface area contributed by atoms with Crippen LogP contribution < -0.4 is 15.4 Å². The number of hydrogen-bond donors (Lipinski definition) is 2. The Labute approximate surface area is 210 Å². The van der Waals surface area contributed by atoms with E-state index in [-0.39, 0.29) is 6.10 Å². The van der Waals surface area contributed by atoms with Crippen LogP contribution in [-0.2, 0) is 4.74 Å². The van der Waals surface area contributed by atoms with Crippen molar-refractivity contribution in [2.75, 3.05) is 18.9 Å². The molecule has 3 unspecified atom stereocenters. The van der Waals surface area contributed by atoms with Crippen LogP contribution in [0.1, 0.15) is 12.5 Å². The average molecular weight is 481 g/mol. The summed E-state index contributed by atoms with van der Waals surface area (Å²) in [5, 5.41) is 7.78. The van der Waals surface area contributed by atoms with Crippen LogP contribution in [0.5, 0.6) is 11.5 Å². The van der Waals surface area contributed by atoms with Crippen molar-refractivity contribution in [3.05, 3.63) is 78.6 Å². The lowest BCUT2D eigenvalue weighted by Gasteiger charge is -2.20. The van der Waals surface area contributed by atoms with Crippen LogP contribution in [0.15, 0.2) is 78.0 Å². The van der Waals surface area contributed by atoms with E-state index in [9.17, 15) is 0 Å². The number of aliphatic imine (C=N–C) groups is 1. The number of para-hydroxylation sites is 1. The highest BCUT2D eigenvalue weighted by Crippen LogP contribution is 2.32. The summed E-state index contributed by atoms with van der Waals surface area (Å²) in [6, 6.07) is 23.0. The molecule has 2 N–H and O–H groups in total. The van der Waals surface area contributed by atoms with E-state index in [1.54, 1.807) is 6.33 Å². The maximum atomic E-state index is 6.13. The largest absolute Gasteiger partial charge is 0.458 e. The molecule has 2 saturated heterocycles. The monoisotopic (exact) mass is 480 g/mol. The lowest BCUT2D eigenvalue weighted by atomic mass is 10.1. The van der Waals surface area contributed by atoms with Gasteiger partial charge < -0.3 is 25.0 Å². The molecule has 6 rings (SSSR count). The Kier molecular flexibility index (Phi) is 5.65. The Hall–Kier alpha value is -4.17. The number of hydrogen-bond acceptors (Lipinski definition) is 7. The highest BCUT2D eigenvalue weighted by molar-refractivity contribution is 5.93. The Balaban J connectivity index is 1.26. The van der Waals surface area contributed by atoms with E-state index in [0.29, 0.717) is 23.9 Å². The summed E-state index contributed by atoms with van der Waals surface area (Å²) in [6.07, 6.45) is 1.70. The summed E-state index contributed by atoms with van der Waals surface area (Å²) in [7, 11) is 2.04. The number of anilines is 2. The molecule has 4 aromatic rings. The summed E-state index contributed by atoms with van der Waals surface area (Å²) in [4.78, 5) is 15.9. The first-order valence-electron chi connectivity index (χ1n) is 12.1. The number of nitrogens with one attached hydrogen (secondary N) is 2. The van der Waals surface area contributed by atoms with Crippen molar-refractivity contribution in [3.8, 4) is 11.5 Å². The van der Waals surface area contributed by atoms with Crippen LogP contribution in [0.3, 0.4) is 0 Å². The van der Waals surface area contributed by atoms with Gasteiger partial charge in [-0.3, -0.25) is 0 Å². The average Bonchev–Trinajstić information content (AvgIpc) is 3.40. The van der Waals surface area contributed by atoms with Crippen LogP contribution in [-0.4, -0.2) is 52.7 Å². The zero-order chi connectivity index (χ0) is 24.6. The lowest BCUT2D eigenvalue weighted by molar-refractivity contribution is 0.224. The van der Waals surface area contributed by atoms with Crippen molar-refractivity contribution in [1.29, 1.82) is 0 Å². The van der Waals surface area contributed by atoms with Gasteiger partial charge >= 0.3 is 0 Å². The quantitative estimate of drug-likeness (QED) is 0.409. The van der Waals surface area contributed by atoms with E-state index >= 15 is 0 Å². The van der Waals surface area contributed by atoms with Crippen LogP contribution in [0.4, 0.5) is 17.2 Å². The van der Waals surface area contributed by atoms with Gasteiger partial charge in [-0.05, 0) is 67.9 Å². The molecule has 182 valence electrons. The first-order chi connectivity index (χ1) is 17.5. The van der Waals surface area contributed by atoms with Crippen LogP contribution in [0.25, 0.3) is 10.9 Å². The van der Waals surface area contributed by atoms with Gasteiger partial charge in [-0.25, -0.2) is 9.97 Å². The number of ether oxygens (including phenoxy) is 2. The normalized spacial score (nSPS) is 22.0. The third-order valence-corrected chi connectivity index (χ3v) is 6.79. The van der Waals surface area contributed by atoms with E-state index in [1.807, 2.05) is 80.7 Å². The molecule has 0 bridgehead atoms. The van der Waals surface area contributed by atoms with Gasteiger partial charge in [0.15, 0.2) is 0 Å². The Morgan fingerprint density at radius 3 is 2.75 bits per heavy atom. The van der Waals surface area contributed by atoms with Crippen molar-refractivity contribution in [3.63, 3.8) is 0 Å². The molecular formula is C28H28N6O2. The SMILES string of the molecule is Cc1cc(Nc2ncnc3ccc(N=C4OC5CNC(C)C5N4C)cc23)ccc1Oc1ccccc1. The number of fused-ring (bicyclic) bond motifs is 2. The number of amidine groups is 1. The highest BCUT2D eigenvalue weighted by atomic mass is 16.5. The van der Waals surface area contributed by atoms with Crippen molar-refractivity contribution >= 4 is 34.1 Å². The Morgan fingerprint density at radius 2 is 1.94 bits per heavy atom. The maximum absolute atomic E-state index is 6.13. The van der Waals surface area contributed by atoms with Crippen molar-refractivity contribution in [1.82, 2.24) is 20.2 Å². The second kappa shape index (κ2) is 9.13. The minimum Gasteiger partial charge on any atom is -0.458 e. The molecule has 0 amide bonds. The van der Waals surface area contributed by atoms with Gasteiger partial charge in [-0.15, -0.1) is 0 Å². The maximum Gasteiger partial charge on any atom is 0.293 e. The number of nitrogens with zero attached hydrogens (tertiary/aromatic N) is 4. The predicted molar refractivity (Wildman–Crippen MR) is 141 cm³/mol. The molecular weight excluding hydrogens is 452 g/mol. The zero-order valence-corrected chi connectivity index (χ0v) is 20.5. The Morgan fingerprint density at radius 1 is 1.08 bits per heavy atom. The molecule has 1 aromatic heterocycles. The smallest absolute Gasteiger partial charge is 0.293 e. The molecule has 0 radical (unpaired) electrons. The molecule has 2 aliphatic rings. The van der Waals surface area contributed by atoms with Crippen molar-refractivity contribution in [2.24, 2.45) is 4.99 Å². The zero-order valence-electron chi connectivity index (χ0n) is 20.5. The second-order valence-electron chi connectivity index (χ2n) is 9.29. The summed E-state index contributed by atoms with van der Waals surface area (Å²) >= 11 is 0. The minimum absolute atomic E-state index is 0.127. The van der Waals surface area contributed by atoms with Gasteiger partial charge in [0.1, 0.15) is 29.7 Å². The Bertz CT molecular complexity index is 1440. The second-order valence-corrected chi connectivity index (χ2v) is 9.29. The fourth-order valence-electron chi connectivity index (χ4n) is 4.93.